The van der Waals surface area contributed by atoms with Crippen molar-refractivity contribution in [1.29, 1.82) is 0 Å². The number of ether oxygens (including phenoxy) is 1. The van der Waals surface area contributed by atoms with Gasteiger partial charge in [-0.15, -0.1) is 0 Å². The summed E-state index contributed by atoms with van der Waals surface area (Å²) in [6.45, 7) is 3.76. The summed E-state index contributed by atoms with van der Waals surface area (Å²) in [6.07, 6.45) is 1.55. The molecule has 0 aromatic carbocycles. The second-order valence-electron chi connectivity index (χ2n) is 4.52. The van der Waals surface area contributed by atoms with E-state index in [4.69, 9.17) is 4.74 Å². The van der Waals surface area contributed by atoms with E-state index >= 15 is 0 Å². The Morgan fingerprint density at radius 3 is 2.35 bits per heavy atom. The maximum Gasteiger partial charge on any atom is 0.236 e. The van der Waals surface area contributed by atoms with Crippen LogP contribution in [0.3, 0.4) is 0 Å². The van der Waals surface area contributed by atoms with E-state index in [2.05, 4.69) is 0 Å². The molecule has 17 heavy (non-hydrogen) atoms. The van der Waals surface area contributed by atoms with E-state index in [0.29, 0.717) is 12.8 Å². The minimum atomic E-state index is -0.571. The van der Waals surface area contributed by atoms with Crippen LogP contribution in [0.2, 0.25) is 0 Å². The predicted molar refractivity (Wildman–Crippen MR) is 62.2 cm³/mol. The molecule has 1 saturated heterocycles. The van der Waals surface area contributed by atoms with Gasteiger partial charge in [-0.25, -0.2) is 0 Å². The molecule has 5 nitrogen and oxygen atoms in total. The number of imide groups is 1. The minimum absolute atomic E-state index is 0.163. The Morgan fingerprint density at radius 2 is 2.00 bits per heavy atom. The lowest BCUT2D eigenvalue weighted by atomic mass is 9.81. The zero-order chi connectivity index (χ0) is 13.1. The number of rotatable bonds is 6. The summed E-state index contributed by atoms with van der Waals surface area (Å²) in [4.78, 5) is 25.4. The van der Waals surface area contributed by atoms with E-state index in [1.807, 2.05) is 13.8 Å². The molecular formula is C12H21NO4. The summed E-state index contributed by atoms with van der Waals surface area (Å²) in [5, 5.41) is 9.24. The van der Waals surface area contributed by atoms with Crippen LogP contribution in [0.25, 0.3) is 0 Å². The number of hydrogen-bond acceptors (Lipinski definition) is 4. The number of nitrogens with zero attached hydrogens (tertiary/aromatic N) is 1. The van der Waals surface area contributed by atoms with Crippen LogP contribution >= 0.6 is 0 Å². The predicted octanol–water partition coefficient (Wildman–Crippen LogP) is 0.559. The Bertz CT molecular complexity index is 299. The third-order valence-corrected chi connectivity index (χ3v) is 3.72. The standard InChI is InChI=1S/C12H21NO4/c1-4-12(5-2)6-10(15)13(11(12)16)9(7-14)8-17-3/h9,14H,4-8H2,1-3H3. The van der Waals surface area contributed by atoms with Gasteiger partial charge in [-0.1, -0.05) is 13.8 Å². The second kappa shape index (κ2) is 5.60. The lowest BCUT2D eigenvalue weighted by Gasteiger charge is -2.27. The number of amides is 2. The Kier molecular flexibility index (Phi) is 4.65. The Labute approximate surface area is 102 Å². The van der Waals surface area contributed by atoms with Gasteiger partial charge in [0.25, 0.3) is 0 Å². The number of aliphatic hydroxyl groups is 1. The van der Waals surface area contributed by atoms with Gasteiger partial charge in [-0.2, -0.15) is 0 Å². The van der Waals surface area contributed by atoms with Crippen molar-refractivity contribution in [1.82, 2.24) is 4.90 Å². The van der Waals surface area contributed by atoms with Gasteiger partial charge in [0.2, 0.25) is 11.8 Å². The Balaban J connectivity index is 2.95. The highest BCUT2D eigenvalue weighted by Gasteiger charge is 2.51. The summed E-state index contributed by atoms with van der Waals surface area (Å²) in [5.41, 5.74) is -0.571. The molecule has 1 N–H and O–H groups in total. The molecule has 2 amide bonds. The van der Waals surface area contributed by atoms with Gasteiger partial charge in [-0.05, 0) is 12.8 Å². The number of methoxy groups -OCH3 is 1. The summed E-state index contributed by atoms with van der Waals surface area (Å²) >= 11 is 0. The van der Waals surface area contributed by atoms with Crippen LogP contribution in [0.4, 0.5) is 0 Å². The van der Waals surface area contributed by atoms with Crippen molar-refractivity contribution in [3.8, 4) is 0 Å². The summed E-state index contributed by atoms with van der Waals surface area (Å²) in [5.74, 6) is -0.363. The molecule has 0 aromatic heterocycles. The third kappa shape index (κ3) is 2.35. The van der Waals surface area contributed by atoms with E-state index in [1.165, 1.54) is 12.0 Å². The fraction of sp³-hybridized carbons (Fsp3) is 0.833. The molecule has 0 aromatic rings. The molecule has 1 heterocycles. The largest absolute Gasteiger partial charge is 0.394 e. The van der Waals surface area contributed by atoms with Crippen LogP contribution in [-0.4, -0.2) is 48.2 Å². The van der Waals surface area contributed by atoms with Gasteiger partial charge < -0.3 is 9.84 Å². The quantitative estimate of drug-likeness (QED) is 0.692. The Hall–Kier alpha value is -0.940. The van der Waals surface area contributed by atoms with E-state index < -0.39 is 11.5 Å². The zero-order valence-electron chi connectivity index (χ0n) is 10.7. The maximum absolute atomic E-state index is 12.3. The molecule has 0 aliphatic carbocycles. The van der Waals surface area contributed by atoms with Crippen molar-refractivity contribution >= 4 is 11.8 Å². The molecule has 98 valence electrons. The van der Waals surface area contributed by atoms with Crippen molar-refractivity contribution in [2.24, 2.45) is 5.41 Å². The van der Waals surface area contributed by atoms with E-state index in [9.17, 15) is 14.7 Å². The van der Waals surface area contributed by atoms with Crippen LogP contribution in [0, 0.1) is 5.41 Å². The van der Waals surface area contributed by atoms with Crippen LogP contribution in [-0.2, 0) is 14.3 Å². The molecule has 1 atom stereocenters. The highest BCUT2D eigenvalue weighted by molar-refractivity contribution is 6.06. The molecule has 1 rings (SSSR count). The lowest BCUT2D eigenvalue weighted by molar-refractivity contribution is -0.146. The molecular weight excluding hydrogens is 222 g/mol. The summed E-state index contributed by atoms with van der Waals surface area (Å²) in [7, 11) is 1.49. The summed E-state index contributed by atoms with van der Waals surface area (Å²) in [6, 6.07) is -0.556. The first kappa shape index (κ1) is 14.1. The number of carbonyl (C=O) groups excluding carboxylic acids is 2. The maximum atomic E-state index is 12.3. The Morgan fingerprint density at radius 1 is 1.41 bits per heavy atom. The highest BCUT2D eigenvalue weighted by Crippen LogP contribution is 2.39. The molecule has 0 saturated carbocycles. The molecule has 1 unspecified atom stereocenters. The fourth-order valence-corrected chi connectivity index (χ4v) is 2.39. The zero-order valence-corrected chi connectivity index (χ0v) is 10.7. The van der Waals surface area contributed by atoms with Gasteiger partial charge in [0.15, 0.2) is 0 Å². The first-order valence-electron chi connectivity index (χ1n) is 6.02. The molecule has 1 aliphatic heterocycles. The average Bonchev–Trinajstić information content (AvgIpc) is 2.59. The van der Waals surface area contributed by atoms with Crippen LogP contribution in [0.1, 0.15) is 33.1 Å². The molecule has 0 bridgehead atoms. The van der Waals surface area contributed by atoms with Gasteiger partial charge in [0.1, 0.15) is 0 Å². The number of hydrogen-bond donors (Lipinski definition) is 1. The van der Waals surface area contributed by atoms with Gasteiger partial charge in [0, 0.05) is 13.5 Å². The van der Waals surface area contributed by atoms with Gasteiger partial charge in [-0.3, -0.25) is 14.5 Å². The molecule has 0 spiro atoms. The minimum Gasteiger partial charge on any atom is -0.394 e. The monoisotopic (exact) mass is 243 g/mol. The van der Waals surface area contributed by atoms with Crippen molar-refractivity contribution < 1.29 is 19.4 Å². The second-order valence-corrected chi connectivity index (χ2v) is 4.52. The first-order chi connectivity index (χ1) is 8.06. The fourth-order valence-electron chi connectivity index (χ4n) is 2.39. The van der Waals surface area contributed by atoms with Crippen LogP contribution in [0.15, 0.2) is 0 Å². The smallest absolute Gasteiger partial charge is 0.236 e. The summed E-state index contributed by atoms with van der Waals surface area (Å²) < 4.78 is 4.93. The van der Waals surface area contributed by atoms with E-state index in [1.54, 1.807) is 0 Å². The number of carbonyl (C=O) groups is 2. The third-order valence-electron chi connectivity index (χ3n) is 3.72. The van der Waals surface area contributed by atoms with Crippen molar-refractivity contribution in [2.45, 2.75) is 39.2 Å². The highest BCUT2D eigenvalue weighted by atomic mass is 16.5. The van der Waals surface area contributed by atoms with Crippen molar-refractivity contribution in [3.63, 3.8) is 0 Å². The van der Waals surface area contributed by atoms with Crippen LogP contribution in [0.5, 0.6) is 0 Å². The van der Waals surface area contributed by atoms with E-state index in [-0.39, 0.29) is 31.4 Å². The van der Waals surface area contributed by atoms with Gasteiger partial charge >= 0.3 is 0 Å². The molecule has 1 aliphatic rings. The molecule has 5 heteroatoms. The van der Waals surface area contributed by atoms with E-state index in [0.717, 1.165) is 0 Å². The topological polar surface area (TPSA) is 66.8 Å². The molecule has 0 radical (unpaired) electrons. The van der Waals surface area contributed by atoms with Crippen molar-refractivity contribution in [2.75, 3.05) is 20.3 Å². The first-order valence-corrected chi connectivity index (χ1v) is 6.02. The van der Waals surface area contributed by atoms with Gasteiger partial charge in [0.05, 0.1) is 24.7 Å². The average molecular weight is 243 g/mol. The number of likely N-dealkylation sites (tertiary alicyclic amines) is 1. The normalized spacial score (nSPS) is 21.1. The number of aliphatic hydroxyl groups excluding tert-OH is 1. The lowest BCUT2D eigenvalue weighted by Crippen LogP contribution is -2.46. The molecule has 1 fully saturated rings. The SMILES string of the molecule is CCC1(CC)CC(=O)N(C(CO)COC)C1=O. The van der Waals surface area contributed by atoms with Crippen LogP contribution < -0.4 is 0 Å². The van der Waals surface area contributed by atoms with Crippen molar-refractivity contribution in [3.05, 3.63) is 0 Å².